The summed E-state index contributed by atoms with van der Waals surface area (Å²) in [5.74, 6) is 0.539. The van der Waals surface area contributed by atoms with Crippen molar-refractivity contribution in [2.75, 3.05) is 26.2 Å². The van der Waals surface area contributed by atoms with Crippen LogP contribution in [0.25, 0.3) is 0 Å². The van der Waals surface area contributed by atoms with Crippen LogP contribution in [0, 0.1) is 5.92 Å². The Balaban J connectivity index is 1.77. The molecule has 0 radical (unpaired) electrons. The third-order valence-corrected chi connectivity index (χ3v) is 3.70. The van der Waals surface area contributed by atoms with Gasteiger partial charge in [-0.15, -0.1) is 0 Å². The molecular formula is C15H21NO3. The maximum atomic E-state index is 10.8. The van der Waals surface area contributed by atoms with Crippen LogP contribution in [0.2, 0.25) is 0 Å². The number of hydrogen-bond acceptors (Lipinski definition) is 3. The predicted octanol–water partition coefficient (Wildman–Crippen LogP) is 2.50. The first kappa shape index (κ1) is 13.9. The fraction of sp³-hybridized carbons (Fsp3) is 0.533. The van der Waals surface area contributed by atoms with Crippen molar-refractivity contribution in [3.63, 3.8) is 0 Å². The predicted molar refractivity (Wildman–Crippen MR) is 73.7 cm³/mol. The van der Waals surface area contributed by atoms with Gasteiger partial charge >= 0.3 is 5.97 Å². The quantitative estimate of drug-likeness (QED) is 0.856. The van der Waals surface area contributed by atoms with E-state index in [9.17, 15) is 4.79 Å². The fourth-order valence-corrected chi connectivity index (χ4v) is 2.46. The molecule has 1 aliphatic heterocycles. The van der Waals surface area contributed by atoms with Gasteiger partial charge in [-0.3, -0.25) is 4.90 Å². The molecule has 2 rings (SSSR count). The summed E-state index contributed by atoms with van der Waals surface area (Å²) in [5.41, 5.74) is 0.268. The zero-order valence-electron chi connectivity index (χ0n) is 11.3. The Bertz CT molecular complexity index is 433. The van der Waals surface area contributed by atoms with Crippen molar-refractivity contribution in [3.05, 3.63) is 29.8 Å². The zero-order valence-corrected chi connectivity index (χ0v) is 11.3. The normalized spacial score (nSPS) is 19.5. The van der Waals surface area contributed by atoms with Gasteiger partial charge < -0.3 is 9.84 Å². The molecule has 1 unspecified atom stereocenters. The summed E-state index contributed by atoms with van der Waals surface area (Å²) in [7, 11) is 0. The second kappa shape index (κ2) is 6.57. The van der Waals surface area contributed by atoms with Gasteiger partial charge in [-0.2, -0.15) is 0 Å². The molecule has 1 aromatic carbocycles. The number of nitrogens with zero attached hydrogens (tertiary/aromatic N) is 1. The molecule has 1 saturated heterocycles. The van der Waals surface area contributed by atoms with Gasteiger partial charge in [0.15, 0.2) is 0 Å². The Morgan fingerprint density at radius 2 is 2.37 bits per heavy atom. The Morgan fingerprint density at radius 1 is 1.53 bits per heavy atom. The molecule has 19 heavy (non-hydrogen) atoms. The van der Waals surface area contributed by atoms with Crippen LogP contribution in [0.1, 0.15) is 30.1 Å². The molecular weight excluding hydrogens is 242 g/mol. The van der Waals surface area contributed by atoms with Crippen LogP contribution in [0.4, 0.5) is 0 Å². The first-order valence-corrected chi connectivity index (χ1v) is 6.87. The van der Waals surface area contributed by atoms with E-state index >= 15 is 0 Å². The standard InChI is InChI=1S/C15H21NO3/c1-2-12-6-7-16(11-12)8-9-19-14-5-3-4-13(10-14)15(17)18/h3-5,10,12H,2,6-9,11H2,1H3,(H,17,18). The molecule has 4 heteroatoms. The van der Waals surface area contributed by atoms with Crippen molar-refractivity contribution >= 4 is 5.97 Å². The number of ether oxygens (including phenoxy) is 1. The fourth-order valence-electron chi connectivity index (χ4n) is 2.46. The highest BCUT2D eigenvalue weighted by Gasteiger charge is 2.20. The largest absolute Gasteiger partial charge is 0.492 e. The van der Waals surface area contributed by atoms with Crippen LogP contribution in [0.15, 0.2) is 24.3 Å². The monoisotopic (exact) mass is 263 g/mol. The average Bonchev–Trinajstić information content (AvgIpc) is 2.87. The Hall–Kier alpha value is -1.55. The van der Waals surface area contributed by atoms with Gasteiger partial charge in [-0.25, -0.2) is 4.79 Å². The maximum Gasteiger partial charge on any atom is 0.335 e. The summed E-state index contributed by atoms with van der Waals surface area (Å²) in [6.07, 6.45) is 2.53. The molecule has 1 heterocycles. The first-order valence-electron chi connectivity index (χ1n) is 6.87. The maximum absolute atomic E-state index is 10.8. The van der Waals surface area contributed by atoms with Gasteiger partial charge in [-0.05, 0) is 37.1 Å². The van der Waals surface area contributed by atoms with E-state index in [1.54, 1.807) is 24.3 Å². The van der Waals surface area contributed by atoms with Crippen LogP contribution in [0.5, 0.6) is 5.75 Å². The minimum atomic E-state index is -0.921. The van der Waals surface area contributed by atoms with Crippen molar-refractivity contribution in [1.82, 2.24) is 4.90 Å². The van der Waals surface area contributed by atoms with Crippen molar-refractivity contribution in [2.45, 2.75) is 19.8 Å². The van der Waals surface area contributed by atoms with Gasteiger partial charge in [0, 0.05) is 13.1 Å². The van der Waals surface area contributed by atoms with Gasteiger partial charge in [-0.1, -0.05) is 19.4 Å². The van der Waals surface area contributed by atoms with E-state index in [0.717, 1.165) is 25.6 Å². The summed E-state index contributed by atoms with van der Waals surface area (Å²) in [6.45, 7) is 6.07. The van der Waals surface area contributed by atoms with E-state index in [1.807, 2.05) is 0 Å². The molecule has 1 atom stereocenters. The van der Waals surface area contributed by atoms with Gasteiger partial charge in [0.25, 0.3) is 0 Å². The number of aromatic carboxylic acids is 1. The lowest BCUT2D eigenvalue weighted by atomic mass is 10.1. The minimum Gasteiger partial charge on any atom is -0.492 e. The van der Waals surface area contributed by atoms with E-state index < -0.39 is 5.97 Å². The molecule has 1 N–H and O–H groups in total. The van der Waals surface area contributed by atoms with E-state index in [2.05, 4.69) is 11.8 Å². The minimum absolute atomic E-state index is 0.268. The van der Waals surface area contributed by atoms with Crippen LogP contribution in [-0.2, 0) is 0 Å². The Kier molecular flexibility index (Phi) is 4.80. The first-order chi connectivity index (χ1) is 9.19. The number of carbonyl (C=O) groups is 1. The van der Waals surface area contributed by atoms with Gasteiger partial charge in [0.05, 0.1) is 5.56 Å². The van der Waals surface area contributed by atoms with E-state index in [0.29, 0.717) is 12.4 Å². The lowest BCUT2D eigenvalue weighted by Crippen LogP contribution is -2.26. The molecule has 1 aliphatic rings. The molecule has 0 saturated carbocycles. The number of benzene rings is 1. The van der Waals surface area contributed by atoms with E-state index in [1.165, 1.54) is 12.8 Å². The molecule has 1 fully saturated rings. The number of carboxylic acids is 1. The van der Waals surface area contributed by atoms with Crippen molar-refractivity contribution < 1.29 is 14.6 Å². The molecule has 0 bridgehead atoms. The van der Waals surface area contributed by atoms with Crippen LogP contribution >= 0.6 is 0 Å². The van der Waals surface area contributed by atoms with Crippen LogP contribution in [0.3, 0.4) is 0 Å². The molecule has 0 aromatic heterocycles. The average molecular weight is 263 g/mol. The molecule has 104 valence electrons. The lowest BCUT2D eigenvalue weighted by molar-refractivity contribution is 0.0696. The van der Waals surface area contributed by atoms with Crippen molar-refractivity contribution in [2.24, 2.45) is 5.92 Å². The summed E-state index contributed by atoms with van der Waals surface area (Å²) < 4.78 is 5.62. The summed E-state index contributed by atoms with van der Waals surface area (Å²) >= 11 is 0. The number of carboxylic acid groups (broad SMARTS) is 1. The van der Waals surface area contributed by atoms with E-state index in [-0.39, 0.29) is 5.56 Å². The number of hydrogen-bond donors (Lipinski definition) is 1. The van der Waals surface area contributed by atoms with Crippen molar-refractivity contribution in [1.29, 1.82) is 0 Å². The highest BCUT2D eigenvalue weighted by molar-refractivity contribution is 5.87. The Labute approximate surface area is 114 Å². The van der Waals surface area contributed by atoms with Crippen LogP contribution < -0.4 is 4.74 Å². The van der Waals surface area contributed by atoms with Crippen LogP contribution in [-0.4, -0.2) is 42.2 Å². The highest BCUT2D eigenvalue weighted by atomic mass is 16.5. The molecule has 4 nitrogen and oxygen atoms in total. The topological polar surface area (TPSA) is 49.8 Å². The molecule has 0 spiro atoms. The van der Waals surface area contributed by atoms with Gasteiger partial charge in [0.2, 0.25) is 0 Å². The summed E-state index contributed by atoms with van der Waals surface area (Å²) in [5, 5.41) is 8.90. The van der Waals surface area contributed by atoms with E-state index in [4.69, 9.17) is 9.84 Å². The third kappa shape index (κ3) is 3.96. The second-order valence-corrected chi connectivity index (χ2v) is 5.05. The highest BCUT2D eigenvalue weighted by Crippen LogP contribution is 2.19. The van der Waals surface area contributed by atoms with Crippen molar-refractivity contribution in [3.8, 4) is 5.75 Å². The molecule has 1 aromatic rings. The second-order valence-electron chi connectivity index (χ2n) is 5.05. The number of rotatable bonds is 6. The molecule has 0 amide bonds. The zero-order chi connectivity index (χ0) is 13.7. The SMILES string of the molecule is CCC1CCN(CCOc2cccc(C(=O)O)c2)C1. The lowest BCUT2D eigenvalue weighted by Gasteiger charge is -2.16. The smallest absolute Gasteiger partial charge is 0.335 e. The molecule has 0 aliphatic carbocycles. The third-order valence-electron chi connectivity index (χ3n) is 3.70. The summed E-state index contributed by atoms with van der Waals surface area (Å²) in [6, 6.07) is 6.65. The van der Waals surface area contributed by atoms with Gasteiger partial charge in [0.1, 0.15) is 12.4 Å². The summed E-state index contributed by atoms with van der Waals surface area (Å²) in [4.78, 5) is 13.3. The Morgan fingerprint density at radius 3 is 3.05 bits per heavy atom. The number of likely N-dealkylation sites (tertiary alicyclic amines) is 1.